The number of aryl methyl sites for hydroxylation is 1. The van der Waals surface area contributed by atoms with Gasteiger partial charge in [-0.1, -0.05) is 30.7 Å². The van der Waals surface area contributed by atoms with Gasteiger partial charge in [-0.25, -0.2) is 4.98 Å². The SMILES string of the molecule is CCc1nc(CN2CCN(C(=O)c3cn[nH]c3-c3ccc(Cl)cc3)CC2)cs1. The van der Waals surface area contributed by atoms with E-state index in [4.69, 9.17) is 11.6 Å². The van der Waals surface area contributed by atoms with Crippen LogP contribution >= 0.6 is 22.9 Å². The van der Waals surface area contributed by atoms with Crippen LogP contribution in [0.3, 0.4) is 0 Å². The monoisotopic (exact) mass is 415 g/mol. The van der Waals surface area contributed by atoms with Crippen molar-refractivity contribution in [2.75, 3.05) is 26.2 Å². The third kappa shape index (κ3) is 4.11. The lowest BCUT2D eigenvalue weighted by atomic mass is 10.1. The first-order valence-corrected chi connectivity index (χ1v) is 10.6. The minimum atomic E-state index is 0.0141. The van der Waals surface area contributed by atoms with E-state index in [2.05, 4.69) is 32.4 Å². The molecule has 8 heteroatoms. The summed E-state index contributed by atoms with van der Waals surface area (Å²) in [7, 11) is 0. The van der Waals surface area contributed by atoms with Gasteiger partial charge in [0.05, 0.1) is 28.2 Å². The van der Waals surface area contributed by atoms with E-state index in [0.29, 0.717) is 23.7 Å². The van der Waals surface area contributed by atoms with Crippen LogP contribution in [0.2, 0.25) is 5.02 Å². The van der Waals surface area contributed by atoms with Gasteiger partial charge in [0.25, 0.3) is 5.91 Å². The Bertz CT molecular complexity index is 944. The standard InChI is InChI=1S/C20H22ClN5OS/c1-2-18-23-16(13-28-18)12-25-7-9-26(10-8-25)20(27)17-11-22-24-19(17)14-3-5-15(21)6-4-14/h3-6,11,13H,2,7-10,12H2,1H3,(H,22,24). The maximum Gasteiger partial charge on any atom is 0.257 e. The van der Waals surface area contributed by atoms with E-state index in [9.17, 15) is 4.79 Å². The summed E-state index contributed by atoms with van der Waals surface area (Å²) in [4.78, 5) is 21.9. The van der Waals surface area contributed by atoms with Gasteiger partial charge < -0.3 is 4.90 Å². The fourth-order valence-corrected chi connectivity index (χ4v) is 4.24. The number of carbonyl (C=O) groups excluding carboxylic acids is 1. The molecule has 1 amide bonds. The van der Waals surface area contributed by atoms with Gasteiger partial charge >= 0.3 is 0 Å². The molecule has 3 aromatic rings. The quantitative estimate of drug-likeness (QED) is 0.689. The van der Waals surface area contributed by atoms with Gasteiger partial charge in [-0.05, 0) is 18.6 Å². The maximum atomic E-state index is 13.0. The minimum Gasteiger partial charge on any atom is -0.336 e. The number of hydrogen-bond donors (Lipinski definition) is 1. The highest BCUT2D eigenvalue weighted by molar-refractivity contribution is 7.09. The van der Waals surface area contributed by atoms with Crippen LogP contribution in [0.1, 0.15) is 28.0 Å². The molecule has 0 saturated carbocycles. The molecule has 3 heterocycles. The second-order valence-corrected chi connectivity index (χ2v) is 8.20. The Labute approximate surface area is 173 Å². The highest BCUT2D eigenvalue weighted by atomic mass is 35.5. The summed E-state index contributed by atoms with van der Waals surface area (Å²) in [6.45, 7) is 6.07. The second kappa shape index (κ2) is 8.43. The fourth-order valence-electron chi connectivity index (χ4n) is 3.38. The van der Waals surface area contributed by atoms with Crippen LogP contribution in [-0.2, 0) is 13.0 Å². The van der Waals surface area contributed by atoms with Gasteiger partial charge in [-0.2, -0.15) is 5.10 Å². The molecule has 1 aromatic carbocycles. The first-order valence-electron chi connectivity index (χ1n) is 9.38. The van der Waals surface area contributed by atoms with E-state index in [1.54, 1.807) is 17.5 Å². The smallest absolute Gasteiger partial charge is 0.257 e. The van der Waals surface area contributed by atoms with Crippen molar-refractivity contribution in [1.29, 1.82) is 0 Å². The van der Waals surface area contributed by atoms with Crippen LogP contribution in [0.15, 0.2) is 35.8 Å². The van der Waals surface area contributed by atoms with Gasteiger partial charge in [0.1, 0.15) is 0 Å². The first kappa shape index (κ1) is 19.1. The molecule has 4 rings (SSSR count). The molecule has 146 valence electrons. The fraction of sp³-hybridized carbons (Fsp3) is 0.350. The number of amides is 1. The molecule has 2 aromatic heterocycles. The number of piperazine rings is 1. The van der Waals surface area contributed by atoms with Crippen molar-refractivity contribution < 1.29 is 4.79 Å². The number of nitrogens with zero attached hydrogens (tertiary/aromatic N) is 4. The normalized spacial score (nSPS) is 15.1. The molecule has 0 radical (unpaired) electrons. The summed E-state index contributed by atoms with van der Waals surface area (Å²) in [5, 5.41) is 11.0. The number of nitrogens with one attached hydrogen (secondary N) is 1. The zero-order valence-corrected chi connectivity index (χ0v) is 17.3. The van der Waals surface area contributed by atoms with Crippen molar-refractivity contribution in [2.24, 2.45) is 0 Å². The number of carbonyl (C=O) groups is 1. The van der Waals surface area contributed by atoms with Gasteiger partial charge in [0.15, 0.2) is 0 Å². The molecule has 0 bridgehead atoms. The summed E-state index contributed by atoms with van der Waals surface area (Å²) in [6, 6.07) is 7.41. The number of aromatic amines is 1. The summed E-state index contributed by atoms with van der Waals surface area (Å²) in [5.41, 5.74) is 3.36. The van der Waals surface area contributed by atoms with Crippen molar-refractivity contribution in [1.82, 2.24) is 25.0 Å². The summed E-state index contributed by atoms with van der Waals surface area (Å²) in [5.74, 6) is 0.0141. The Balaban J connectivity index is 1.39. The van der Waals surface area contributed by atoms with Crippen molar-refractivity contribution in [3.63, 3.8) is 0 Å². The molecule has 6 nitrogen and oxygen atoms in total. The van der Waals surface area contributed by atoms with Crippen LogP contribution in [0.25, 0.3) is 11.3 Å². The maximum absolute atomic E-state index is 13.0. The van der Waals surface area contributed by atoms with E-state index in [0.717, 1.165) is 43.0 Å². The number of thiazole rings is 1. The average molecular weight is 416 g/mol. The summed E-state index contributed by atoms with van der Waals surface area (Å²) in [6.07, 6.45) is 2.59. The van der Waals surface area contributed by atoms with Crippen molar-refractivity contribution in [3.8, 4) is 11.3 Å². The predicted octanol–water partition coefficient (Wildman–Crippen LogP) is 3.71. The second-order valence-electron chi connectivity index (χ2n) is 6.82. The Morgan fingerprint density at radius 3 is 2.64 bits per heavy atom. The van der Waals surface area contributed by atoms with E-state index >= 15 is 0 Å². The minimum absolute atomic E-state index is 0.0141. The van der Waals surface area contributed by atoms with E-state index < -0.39 is 0 Å². The number of aromatic nitrogens is 3. The van der Waals surface area contributed by atoms with Crippen molar-refractivity contribution in [3.05, 3.63) is 57.1 Å². The lowest BCUT2D eigenvalue weighted by molar-refractivity contribution is 0.0628. The number of halogens is 1. The van der Waals surface area contributed by atoms with Crippen molar-refractivity contribution in [2.45, 2.75) is 19.9 Å². The highest BCUT2D eigenvalue weighted by Crippen LogP contribution is 2.24. The van der Waals surface area contributed by atoms with E-state index in [1.165, 1.54) is 5.01 Å². The zero-order chi connectivity index (χ0) is 19.5. The van der Waals surface area contributed by atoms with Gasteiger partial charge in [-0.15, -0.1) is 11.3 Å². The summed E-state index contributed by atoms with van der Waals surface area (Å²) >= 11 is 7.69. The molecule has 0 unspecified atom stereocenters. The first-order chi connectivity index (χ1) is 13.6. The lowest BCUT2D eigenvalue weighted by Gasteiger charge is -2.34. The van der Waals surface area contributed by atoms with Crippen LogP contribution in [-0.4, -0.2) is 57.1 Å². The Morgan fingerprint density at radius 2 is 1.96 bits per heavy atom. The molecule has 0 aliphatic carbocycles. The van der Waals surface area contributed by atoms with Crippen molar-refractivity contribution >= 4 is 28.8 Å². The molecular formula is C20H22ClN5OS. The highest BCUT2D eigenvalue weighted by Gasteiger charge is 2.25. The molecule has 0 spiro atoms. The average Bonchev–Trinajstić information content (AvgIpc) is 3.38. The molecule has 1 aliphatic heterocycles. The van der Waals surface area contributed by atoms with E-state index in [1.807, 2.05) is 29.2 Å². The van der Waals surface area contributed by atoms with E-state index in [-0.39, 0.29) is 5.91 Å². The summed E-state index contributed by atoms with van der Waals surface area (Å²) < 4.78 is 0. The Kier molecular flexibility index (Phi) is 5.75. The third-order valence-electron chi connectivity index (χ3n) is 4.95. The number of hydrogen-bond acceptors (Lipinski definition) is 5. The molecule has 1 fully saturated rings. The molecule has 28 heavy (non-hydrogen) atoms. The number of rotatable bonds is 5. The van der Waals surface area contributed by atoms with Crippen LogP contribution < -0.4 is 0 Å². The topological polar surface area (TPSA) is 65.1 Å². The van der Waals surface area contributed by atoms with Crippen LogP contribution in [0, 0.1) is 0 Å². The van der Waals surface area contributed by atoms with Crippen LogP contribution in [0.4, 0.5) is 0 Å². The number of benzene rings is 1. The number of H-pyrrole nitrogens is 1. The van der Waals surface area contributed by atoms with Crippen LogP contribution in [0.5, 0.6) is 0 Å². The predicted molar refractivity (Wildman–Crippen MR) is 112 cm³/mol. The van der Waals surface area contributed by atoms with Gasteiger partial charge in [0.2, 0.25) is 0 Å². The zero-order valence-electron chi connectivity index (χ0n) is 15.7. The largest absolute Gasteiger partial charge is 0.336 e. The molecule has 1 saturated heterocycles. The molecular weight excluding hydrogens is 394 g/mol. The Hall–Kier alpha value is -2.22. The molecule has 0 atom stereocenters. The molecule has 1 N–H and O–H groups in total. The Morgan fingerprint density at radius 1 is 1.21 bits per heavy atom. The third-order valence-corrected chi connectivity index (χ3v) is 6.24. The lowest BCUT2D eigenvalue weighted by Crippen LogP contribution is -2.48. The molecule has 1 aliphatic rings. The van der Waals surface area contributed by atoms with Gasteiger partial charge in [0, 0.05) is 48.7 Å². The van der Waals surface area contributed by atoms with Gasteiger partial charge in [-0.3, -0.25) is 14.8 Å².